The van der Waals surface area contributed by atoms with Crippen LogP contribution in [0.2, 0.25) is 0 Å². The van der Waals surface area contributed by atoms with E-state index in [0.717, 1.165) is 29.7 Å². The maximum Gasteiger partial charge on any atom is 0.335 e. The zero-order valence-corrected chi connectivity index (χ0v) is 11.4. The van der Waals surface area contributed by atoms with Crippen molar-refractivity contribution in [1.82, 2.24) is 4.90 Å². The molecule has 0 radical (unpaired) electrons. The lowest BCUT2D eigenvalue weighted by atomic mass is 10.1. The number of carboxylic acids is 1. The third-order valence-corrected chi connectivity index (χ3v) is 3.85. The highest BCUT2D eigenvalue weighted by atomic mass is 79.9. The Bertz CT molecular complexity index is 477. The monoisotopic (exact) mass is 311 g/mol. The van der Waals surface area contributed by atoms with E-state index in [1.807, 2.05) is 6.07 Å². The number of Topliss-reactive ketones (excluding diaryl/α,β-unsaturated/α-hetero) is 1. The second-order valence-electron chi connectivity index (χ2n) is 4.43. The highest BCUT2D eigenvalue weighted by Gasteiger charge is 2.17. The average molecular weight is 312 g/mol. The van der Waals surface area contributed by atoms with E-state index in [1.165, 1.54) is 0 Å². The number of benzene rings is 1. The summed E-state index contributed by atoms with van der Waals surface area (Å²) in [4.78, 5) is 24.2. The normalized spacial score (nSPS) is 16.8. The molecule has 0 aliphatic carbocycles. The summed E-state index contributed by atoms with van der Waals surface area (Å²) in [5.41, 5.74) is 1.33. The van der Waals surface area contributed by atoms with Crippen LogP contribution in [0.3, 0.4) is 0 Å². The SMILES string of the molecule is O=C1CCN(Cc2ccc(C(=O)O)cc2Br)CC1. The number of likely N-dealkylation sites (tertiary alicyclic amines) is 1. The van der Waals surface area contributed by atoms with Gasteiger partial charge in [-0.15, -0.1) is 0 Å². The summed E-state index contributed by atoms with van der Waals surface area (Å²) in [7, 11) is 0. The number of aromatic carboxylic acids is 1. The molecule has 1 fully saturated rings. The van der Waals surface area contributed by atoms with Crippen molar-refractivity contribution in [2.45, 2.75) is 19.4 Å². The predicted molar refractivity (Wildman–Crippen MR) is 70.6 cm³/mol. The number of piperidine rings is 1. The van der Waals surface area contributed by atoms with Crippen molar-refractivity contribution in [3.05, 3.63) is 33.8 Å². The molecule has 1 heterocycles. The molecule has 0 saturated carbocycles. The number of hydrogen-bond donors (Lipinski definition) is 1. The molecule has 0 aromatic heterocycles. The number of carbonyl (C=O) groups excluding carboxylic acids is 1. The number of carbonyl (C=O) groups is 2. The molecule has 1 aliphatic heterocycles. The minimum Gasteiger partial charge on any atom is -0.478 e. The molecule has 5 heteroatoms. The molecular weight excluding hydrogens is 298 g/mol. The van der Waals surface area contributed by atoms with Crippen molar-refractivity contribution in [2.75, 3.05) is 13.1 Å². The van der Waals surface area contributed by atoms with E-state index < -0.39 is 5.97 Å². The van der Waals surface area contributed by atoms with Crippen molar-refractivity contribution in [3.8, 4) is 0 Å². The quantitative estimate of drug-likeness (QED) is 0.930. The van der Waals surface area contributed by atoms with Crippen molar-refractivity contribution >= 4 is 27.7 Å². The van der Waals surface area contributed by atoms with E-state index in [4.69, 9.17) is 5.11 Å². The van der Waals surface area contributed by atoms with Gasteiger partial charge in [0.15, 0.2) is 0 Å². The third kappa shape index (κ3) is 3.17. The Morgan fingerprint density at radius 2 is 2.00 bits per heavy atom. The van der Waals surface area contributed by atoms with Gasteiger partial charge in [-0.25, -0.2) is 4.79 Å². The Hall–Kier alpha value is -1.20. The van der Waals surface area contributed by atoms with Gasteiger partial charge in [0.2, 0.25) is 0 Å². The van der Waals surface area contributed by atoms with Crippen LogP contribution in [0.25, 0.3) is 0 Å². The van der Waals surface area contributed by atoms with Gasteiger partial charge in [0.25, 0.3) is 0 Å². The second kappa shape index (κ2) is 5.63. The molecule has 96 valence electrons. The second-order valence-corrected chi connectivity index (χ2v) is 5.28. The van der Waals surface area contributed by atoms with E-state index in [-0.39, 0.29) is 5.56 Å². The van der Waals surface area contributed by atoms with E-state index in [9.17, 15) is 9.59 Å². The standard InChI is InChI=1S/C13H14BrNO3/c14-12-7-9(13(17)18)1-2-10(12)8-15-5-3-11(16)4-6-15/h1-2,7H,3-6,8H2,(H,17,18). The first kappa shape index (κ1) is 13.2. The largest absolute Gasteiger partial charge is 0.478 e. The van der Waals surface area contributed by atoms with Crippen LogP contribution in [0.15, 0.2) is 22.7 Å². The topological polar surface area (TPSA) is 57.6 Å². The maximum absolute atomic E-state index is 11.1. The molecule has 4 nitrogen and oxygen atoms in total. The van der Waals surface area contributed by atoms with Gasteiger partial charge < -0.3 is 5.11 Å². The minimum atomic E-state index is -0.925. The molecule has 18 heavy (non-hydrogen) atoms. The Balaban J connectivity index is 2.05. The van der Waals surface area contributed by atoms with Crippen LogP contribution in [0, 0.1) is 0 Å². The van der Waals surface area contributed by atoms with Crippen LogP contribution >= 0.6 is 15.9 Å². The number of ketones is 1. The Morgan fingerprint density at radius 1 is 1.33 bits per heavy atom. The first-order valence-electron chi connectivity index (χ1n) is 5.82. The van der Waals surface area contributed by atoms with Crippen LogP contribution in [-0.2, 0) is 11.3 Å². The molecule has 1 aromatic carbocycles. The molecular formula is C13H14BrNO3. The van der Waals surface area contributed by atoms with Crippen LogP contribution in [0.5, 0.6) is 0 Å². The zero-order chi connectivity index (χ0) is 13.1. The number of carboxylic acid groups (broad SMARTS) is 1. The molecule has 2 rings (SSSR count). The molecule has 0 atom stereocenters. The van der Waals surface area contributed by atoms with Crippen molar-refractivity contribution < 1.29 is 14.7 Å². The summed E-state index contributed by atoms with van der Waals surface area (Å²) < 4.78 is 0.805. The minimum absolute atomic E-state index is 0.277. The highest BCUT2D eigenvalue weighted by molar-refractivity contribution is 9.10. The number of hydrogen-bond acceptors (Lipinski definition) is 3. The molecule has 1 aliphatic rings. The Labute approximate surface area is 114 Å². The van der Waals surface area contributed by atoms with Crippen molar-refractivity contribution in [3.63, 3.8) is 0 Å². The van der Waals surface area contributed by atoms with Gasteiger partial charge >= 0.3 is 5.97 Å². The summed E-state index contributed by atoms with van der Waals surface area (Å²) >= 11 is 3.40. The Morgan fingerprint density at radius 3 is 2.56 bits per heavy atom. The van der Waals surface area contributed by atoms with Gasteiger partial charge in [0.1, 0.15) is 5.78 Å². The Kier molecular flexibility index (Phi) is 4.14. The first-order valence-corrected chi connectivity index (χ1v) is 6.61. The highest BCUT2D eigenvalue weighted by Crippen LogP contribution is 2.21. The molecule has 0 amide bonds. The van der Waals surface area contributed by atoms with Crippen molar-refractivity contribution in [1.29, 1.82) is 0 Å². The van der Waals surface area contributed by atoms with E-state index in [1.54, 1.807) is 12.1 Å². The van der Waals surface area contributed by atoms with Gasteiger partial charge in [0.05, 0.1) is 5.56 Å². The maximum atomic E-state index is 11.1. The van der Waals surface area contributed by atoms with Crippen LogP contribution < -0.4 is 0 Å². The van der Waals surface area contributed by atoms with Crippen LogP contribution in [0.4, 0.5) is 0 Å². The predicted octanol–water partition coefficient (Wildman–Crippen LogP) is 2.31. The first-order chi connectivity index (χ1) is 8.56. The lowest BCUT2D eigenvalue weighted by Crippen LogP contribution is -2.33. The molecule has 1 N–H and O–H groups in total. The smallest absolute Gasteiger partial charge is 0.335 e. The number of rotatable bonds is 3. The van der Waals surface area contributed by atoms with Crippen LogP contribution in [0.1, 0.15) is 28.8 Å². The lowest BCUT2D eigenvalue weighted by molar-refractivity contribution is -0.121. The molecule has 1 aromatic rings. The van der Waals surface area contributed by atoms with E-state index in [0.29, 0.717) is 18.6 Å². The average Bonchev–Trinajstić information content (AvgIpc) is 2.34. The summed E-state index contributed by atoms with van der Waals surface area (Å²) in [5, 5.41) is 8.88. The van der Waals surface area contributed by atoms with Gasteiger partial charge in [-0.2, -0.15) is 0 Å². The van der Waals surface area contributed by atoms with Gasteiger partial charge in [-0.1, -0.05) is 22.0 Å². The fraction of sp³-hybridized carbons (Fsp3) is 0.385. The lowest BCUT2D eigenvalue weighted by Gasteiger charge is -2.26. The summed E-state index contributed by atoms with van der Waals surface area (Å²) in [6.45, 7) is 2.31. The fourth-order valence-corrected chi connectivity index (χ4v) is 2.51. The van der Waals surface area contributed by atoms with E-state index in [2.05, 4.69) is 20.8 Å². The molecule has 0 spiro atoms. The fourth-order valence-electron chi connectivity index (χ4n) is 2.01. The number of nitrogens with zero attached hydrogens (tertiary/aromatic N) is 1. The van der Waals surface area contributed by atoms with Crippen LogP contribution in [-0.4, -0.2) is 34.8 Å². The van der Waals surface area contributed by atoms with Gasteiger partial charge in [-0.3, -0.25) is 9.69 Å². The van der Waals surface area contributed by atoms with E-state index >= 15 is 0 Å². The zero-order valence-electron chi connectivity index (χ0n) is 9.86. The summed E-state index contributed by atoms with van der Waals surface area (Å²) in [6.07, 6.45) is 1.23. The molecule has 1 saturated heterocycles. The third-order valence-electron chi connectivity index (χ3n) is 3.11. The summed E-state index contributed by atoms with van der Waals surface area (Å²) in [5.74, 6) is -0.600. The van der Waals surface area contributed by atoms with Crippen molar-refractivity contribution in [2.24, 2.45) is 0 Å². The van der Waals surface area contributed by atoms with Gasteiger partial charge in [-0.05, 0) is 17.7 Å². The summed E-state index contributed by atoms with van der Waals surface area (Å²) in [6, 6.07) is 5.05. The molecule has 0 unspecified atom stereocenters. The van der Waals surface area contributed by atoms with Gasteiger partial charge in [0, 0.05) is 36.9 Å². The molecule has 0 bridgehead atoms. The number of halogens is 1.